The molecule has 55 heavy (non-hydrogen) atoms. The molecule has 0 bridgehead atoms. The van der Waals surface area contributed by atoms with Gasteiger partial charge in [-0.1, -0.05) is 41.9 Å². The van der Waals surface area contributed by atoms with E-state index in [0.29, 0.717) is 28.9 Å². The van der Waals surface area contributed by atoms with Crippen molar-refractivity contribution in [3.63, 3.8) is 0 Å². The molecule has 0 aliphatic heterocycles. The molecule has 1 unspecified atom stereocenters. The number of fused-ring (bicyclic) bond motifs is 2. The molecule has 0 aliphatic carbocycles. The fourth-order valence-electron chi connectivity index (χ4n) is 5.03. The SMILES string of the molecule is C=CS(=O)(=O)c1ccc(N=NC(C(C)=O)C(=O)Nc2ccc3c(O)c(N=Nc4ccc5ccccc5c4S(=O)(=O)O)c(SOOO)cc3c2)c(S(=O)(=O)O)c1. The van der Waals surface area contributed by atoms with E-state index in [1.807, 2.05) is 0 Å². The lowest BCUT2D eigenvalue weighted by Crippen LogP contribution is -2.31. The van der Waals surface area contributed by atoms with E-state index < -0.39 is 73.9 Å². The van der Waals surface area contributed by atoms with Crippen molar-refractivity contribution >= 4 is 98.1 Å². The summed E-state index contributed by atoms with van der Waals surface area (Å²) in [4.78, 5) is 23.5. The molecule has 0 spiro atoms. The summed E-state index contributed by atoms with van der Waals surface area (Å²) in [7, 11) is -14.0. The molecule has 0 radical (unpaired) electrons. The minimum Gasteiger partial charge on any atom is -0.505 e. The number of amides is 1. The van der Waals surface area contributed by atoms with Crippen LogP contribution in [-0.4, -0.2) is 62.5 Å². The van der Waals surface area contributed by atoms with E-state index in [1.165, 1.54) is 42.5 Å². The highest BCUT2D eigenvalue weighted by molar-refractivity contribution is 7.94. The van der Waals surface area contributed by atoms with Gasteiger partial charge in [-0.05, 0) is 66.2 Å². The number of hydrogen-bond donors (Lipinski definition) is 5. The van der Waals surface area contributed by atoms with Crippen LogP contribution >= 0.6 is 12.0 Å². The summed E-state index contributed by atoms with van der Waals surface area (Å²) >= 11 is 0.351. The third-order valence-corrected chi connectivity index (χ3v) is 11.3. The van der Waals surface area contributed by atoms with Crippen LogP contribution in [-0.2, 0) is 49.0 Å². The number of anilines is 1. The maximum absolute atomic E-state index is 13.2. The Balaban J connectivity index is 1.49. The van der Waals surface area contributed by atoms with Crippen LogP contribution in [0.1, 0.15) is 6.92 Å². The molecule has 23 heteroatoms. The number of aromatic hydroxyl groups is 1. The quantitative estimate of drug-likeness (QED) is 0.0196. The van der Waals surface area contributed by atoms with Gasteiger partial charge < -0.3 is 10.4 Å². The number of sulfone groups is 1. The van der Waals surface area contributed by atoms with Gasteiger partial charge >= 0.3 is 0 Å². The lowest BCUT2D eigenvalue weighted by atomic mass is 10.1. The van der Waals surface area contributed by atoms with E-state index in [1.54, 1.807) is 18.2 Å². The molecule has 5 rings (SSSR count). The predicted octanol–water partition coefficient (Wildman–Crippen LogP) is 6.63. The summed E-state index contributed by atoms with van der Waals surface area (Å²) in [6, 6.07) is 15.0. The largest absolute Gasteiger partial charge is 0.505 e. The molecular weight excluding hydrogens is 807 g/mol. The van der Waals surface area contributed by atoms with Crippen LogP contribution in [0.15, 0.2) is 131 Å². The Labute approximate surface area is 315 Å². The summed E-state index contributed by atoms with van der Waals surface area (Å²) in [5.74, 6) is -2.44. The van der Waals surface area contributed by atoms with Gasteiger partial charge in [0.1, 0.15) is 26.9 Å². The maximum atomic E-state index is 13.2. The van der Waals surface area contributed by atoms with E-state index in [0.717, 1.165) is 19.1 Å². The molecule has 0 aromatic heterocycles. The number of nitrogens with zero attached hydrogens (tertiary/aromatic N) is 4. The molecule has 5 aromatic carbocycles. The highest BCUT2D eigenvalue weighted by Gasteiger charge is 2.26. The Morgan fingerprint density at radius 1 is 0.836 bits per heavy atom. The number of phenols is 1. The molecule has 1 amide bonds. The van der Waals surface area contributed by atoms with Gasteiger partial charge in [0.05, 0.1) is 21.8 Å². The molecule has 1 atom stereocenters. The molecule has 0 aliphatic rings. The van der Waals surface area contributed by atoms with Gasteiger partial charge in [0.25, 0.3) is 26.1 Å². The van der Waals surface area contributed by atoms with Crippen molar-refractivity contribution in [2.75, 3.05) is 5.32 Å². The standard InChI is InChI=1S/C32H25N5O14S4/c1-3-53(42,43)21-10-13-24(27(16-21)54(44,45)46)34-36-28(17(2)38)32(40)33-20-9-11-22-19(14-20)15-26(52-51-50-41)29(30(22)39)37-35-25-12-8-18-6-4-5-7-23(18)31(25)55(47,48)49/h3-16,28,39,41H,1H2,2H3,(H,33,40)(H,44,45,46)(H,47,48,49). The number of benzene rings is 5. The summed E-state index contributed by atoms with van der Waals surface area (Å²) in [6.07, 6.45) is 0. The van der Waals surface area contributed by atoms with Crippen LogP contribution in [0.25, 0.3) is 21.5 Å². The van der Waals surface area contributed by atoms with Crippen molar-refractivity contribution in [2.45, 2.75) is 32.5 Å². The van der Waals surface area contributed by atoms with Gasteiger partial charge in [-0.3, -0.25) is 18.7 Å². The molecule has 0 fully saturated rings. The molecule has 286 valence electrons. The Morgan fingerprint density at radius 3 is 2.20 bits per heavy atom. The van der Waals surface area contributed by atoms with E-state index in [-0.39, 0.29) is 38.1 Å². The first-order valence-corrected chi connectivity index (χ1v) is 20.1. The Morgan fingerprint density at radius 2 is 1.55 bits per heavy atom. The third-order valence-electron chi connectivity index (χ3n) is 7.52. The number of phenolic OH excluding ortho intramolecular Hbond substituents is 1. The van der Waals surface area contributed by atoms with E-state index >= 15 is 0 Å². The van der Waals surface area contributed by atoms with E-state index in [4.69, 9.17) is 5.26 Å². The van der Waals surface area contributed by atoms with Crippen LogP contribution in [0.5, 0.6) is 5.75 Å². The van der Waals surface area contributed by atoms with Crippen LogP contribution in [0.4, 0.5) is 22.7 Å². The number of ketones is 1. The average Bonchev–Trinajstić information content (AvgIpc) is 3.12. The molecule has 19 nitrogen and oxygen atoms in total. The van der Waals surface area contributed by atoms with Gasteiger partial charge in [-0.2, -0.15) is 27.1 Å². The second kappa shape index (κ2) is 16.1. The second-order valence-electron chi connectivity index (χ2n) is 11.1. The summed E-state index contributed by atoms with van der Waals surface area (Å²) in [5.41, 5.74) is -1.13. The molecule has 5 aromatic rings. The van der Waals surface area contributed by atoms with Crippen molar-refractivity contribution < 1.29 is 63.7 Å². The van der Waals surface area contributed by atoms with Gasteiger partial charge in [-0.15, -0.1) is 14.6 Å². The first-order chi connectivity index (χ1) is 25.8. The Kier molecular flexibility index (Phi) is 11.9. The normalized spacial score (nSPS) is 13.1. The minimum atomic E-state index is -5.07. The highest BCUT2D eigenvalue weighted by atomic mass is 32.2. The number of rotatable bonds is 14. The summed E-state index contributed by atoms with van der Waals surface area (Å²) in [5, 5.41) is 42.8. The zero-order chi connectivity index (χ0) is 40.3. The monoisotopic (exact) mass is 831 g/mol. The first kappa shape index (κ1) is 40.7. The topological polar surface area (TPSA) is 297 Å². The number of nitrogens with one attached hydrogen (secondary N) is 1. The number of carbonyl (C=O) groups excluding carboxylic acids is 2. The Hall–Kier alpha value is -5.50. The fraction of sp³-hybridized carbons (Fsp3) is 0.0625. The number of carbonyl (C=O) groups is 2. The Bertz CT molecular complexity index is 2790. The molecule has 0 heterocycles. The lowest BCUT2D eigenvalue weighted by Gasteiger charge is -2.13. The van der Waals surface area contributed by atoms with Gasteiger partial charge in [0, 0.05) is 21.9 Å². The van der Waals surface area contributed by atoms with Crippen molar-refractivity contribution in [3.8, 4) is 5.75 Å². The van der Waals surface area contributed by atoms with Gasteiger partial charge in [0.2, 0.25) is 6.04 Å². The number of hydrogen-bond acceptors (Lipinski definition) is 17. The fourth-order valence-corrected chi connectivity index (χ4v) is 7.82. The lowest BCUT2D eigenvalue weighted by molar-refractivity contribution is -0.432. The molecule has 0 saturated carbocycles. The zero-order valence-corrected chi connectivity index (χ0v) is 30.9. The van der Waals surface area contributed by atoms with Crippen molar-refractivity contribution in [3.05, 3.63) is 90.8 Å². The predicted molar refractivity (Wildman–Crippen MR) is 195 cm³/mol. The smallest absolute Gasteiger partial charge is 0.297 e. The first-order valence-electron chi connectivity index (χ1n) is 14.9. The van der Waals surface area contributed by atoms with Gasteiger partial charge in [0.15, 0.2) is 21.4 Å². The van der Waals surface area contributed by atoms with Crippen LogP contribution < -0.4 is 5.32 Å². The van der Waals surface area contributed by atoms with Crippen LogP contribution in [0.3, 0.4) is 0 Å². The summed E-state index contributed by atoms with van der Waals surface area (Å²) < 4.78 is 97.2. The van der Waals surface area contributed by atoms with Crippen LogP contribution in [0, 0.1) is 0 Å². The number of azo groups is 2. The average molecular weight is 832 g/mol. The zero-order valence-electron chi connectivity index (χ0n) is 27.7. The molecule has 0 saturated heterocycles. The van der Waals surface area contributed by atoms with Crippen molar-refractivity contribution in [1.82, 2.24) is 0 Å². The second-order valence-corrected chi connectivity index (χ2v) is 16.5. The van der Waals surface area contributed by atoms with Crippen molar-refractivity contribution in [2.24, 2.45) is 20.5 Å². The van der Waals surface area contributed by atoms with E-state index in [2.05, 4.69) is 41.7 Å². The molecular formula is C32H25N5O14S4. The third kappa shape index (κ3) is 9.07. The van der Waals surface area contributed by atoms with E-state index in [9.17, 15) is 49.1 Å². The number of Topliss-reactive ketones (excluding diaryl/α,β-unsaturated/α-hetero) is 1. The molecule has 5 N–H and O–H groups in total. The maximum Gasteiger partial charge on any atom is 0.297 e. The minimum absolute atomic E-state index is 0.0366. The van der Waals surface area contributed by atoms with Crippen LogP contribution in [0.2, 0.25) is 0 Å². The highest BCUT2D eigenvalue weighted by Crippen LogP contribution is 2.45. The summed E-state index contributed by atoms with van der Waals surface area (Å²) in [6.45, 7) is 4.13. The van der Waals surface area contributed by atoms with Crippen molar-refractivity contribution in [1.29, 1.82) is 0 Å². The van der Waals surface area contributed by atoms with Gasteiger partial charge in [-0.25, -0.2) is 13.7 Å².